The van der Waals surface area contributed by atoms with Crippen LogP contribution in [0.15, 0.2) is 0 Å². The van der Waals surface area contributed by atoms with E-state index in [1.165, 1.54) is 4.90 Å². The van der Waals surface area contributed by atoms with Gasteiger partial charge in [-0.05, 0) is 19.8 Å². The van der Waals surface area contributed by atoms with Crippen LogP contribution in [0.25, 0.3) is 0 Å². The van der Waals surface area contributed by atoms with Crippen molar-refractivity contribution < 1.29 is 19.5 Å². The summed E-state index contributed by atoms with van der Waals surface area (Å²) < 4.78 is 0. The molecule has 3 amide bonds. The molecule has 2 saturated heterocycles. The van der Waals surface area contributed by atoms with Crippen LogP contribution in [0.1, 0.15) is 26.2 Å². The molecule has 2 heterocycles. The number of piperidine rings is 1. The monoisotopic (exact) mass is 269 g/mol. The van der Waals surface area contributed by atoms with E-state index in [0.29, 0.717) is 25.9 Å². The lowest BCUT2D eigenvalue weighted by Gasteiger charge is -2.37. The van der Waals surface area contributed by atoms with Crippen molar-refractivity contribution in [2.45, 2.75) is 32.2 Å². The molecule has 106 valence electrons. The second kappa shape index (κ2) is 5.07. The molecule has 0 aliphatic carbocycles. The number of aliphatic carboxylic acids is 1. The van der Waals surface area contributed by atoms with Gasteiger partial charge < -0.3 is 20.6 Å². The van der Waals surface area contributed by atoms with Gasteiger partial charge in [0, 0.05) is 26.1 Å². The Bertz CT molecular complexity index is 412. The molecule has 2 atom stereocenters. The number of urea groups is 1. The van der Waals surface area contributed by atoms with E-state index in [-0.39, 0.29) is 30.9 Å². The molecule has 0 aromatic rings. The number of hydrogen-bond donors (Lipinski definition) is 3. The van der Waals surface area contributed by atoms with E-state index >= 15 is 0 Å². The third-order valence-electron chi connectivity index (χ3n) is 3.80. The van der Waals surface area contributed by atoms with Crippen molar-refractivity contribution in [3.8, 4) is 0 Å². The highest BCUT2D eigenvalue weighted by Gasteiger charge is 2.39. The average Bonchev–Trinajstić information content (AvgIpc) is 2.74. The maximum absolute atomic E-state index is 12.1. The molecular weight excluding hydrogens is 250 g/mol. The van der Waals surface area contributed by atoms with Gasteiger partial charge in [0.05, 0.1) is 11.5 Å². The summed E-state index contributed by atoms with van der Waals surface area (Å²) in [4.78, 5) is 35.9. The molecule has 0 aromatic heterocycles. The zero-order valence-electron chi connectivity index (χ0n) is 10.9. The molecule has 0 radical (unpaired) electrons. The van der Waals surface area contributed by atoms with Crippen LogP contribution in [-0.2, 0) is 9.59 Å². The summed E-state index contributed by atoms with van der Waals surface area (Å²) in [6.07, 6.45) is 1.55. The highest BCUT2D eigenvalue weighted by Crippen LogP contribution is 2.29. The van der Waals surface area contributed by atoms with E-state index < -0.39 is 11.4 Å². The van der Waals surface area contributed by atoms with E-state index in [0.717, 1.165) is 0 Å². The standard InChI is InChI=1S/C12H19N3O4/c1-12(10(17)18)3-2-4-15(7-12)11(19)14-8-5-9(16)13-6-8/h8H,2-7H2,1H3,(H,13,16)(H,14,19)(H,17,18). The van der Waals surface area contributed by atoms with Gasteiger partial charge in [0.25, 0.3) is 0 Å². The SMILES string of the molecule is CC1(C(=O)O)CCCN(C(=O)NC2CNC(=O)C2)C1. The van der Waals surface area contributed by atoms with Gasteiger partial charge in [-0.2, -0.15) is 0 Å². The molecule has 0 spiro atoms. The number of carbonyl (C=O) groups excluding carboxylic acids is 2. The number of carboxylic acids is 1. The molecule has 3 N–H and O–H groups in total. The minimum Gasteiger partial charge on any atom is -0.481 e. The van der Waals surface area contributed by atoms with Crippen molar-refractivity contribution in [3.63, 3.8) is 0 Å². The molecule has 2 unspecified atom stereocenters. The maximum atomic E-state index is 12.1. The lowest BCUT2D eigenvalue weighted by molar-refractivity contribution is -0.150. The molecule has 0 saturated carbocycles. The van der Waals surface area contributed by atoms with Gasteiger partial charge in [0.2, 0.25) is 5.91 Å². The van der Waals surface area contributed by atoms with Crippen LogP contribution in [0.5, 0.6) is 0 Å². The normalized spacial score (nSPS) is 30.9. The zero-order chi connectivity index (χ0) is 14.0. The molecule has 2 fully saturated rings. The summed E-state index contributed by atoms with van der Waals surface area (Å²) in [5.41, 5.74) is -0.876. The predicted octanol–water partition coefficient (Wildman–Crippen LogP) is -0.229. The van der Waals surface area contributed by atoms with Gasteiger partial charge in [-0.3, -0.25) is 9.59 Å². The fourth-order valence-electron chi connectivity index (χ4n) is 2.56. The first-order valence-corrected chi connectivity index (χ1v) is 6.46. The Kier molecular flexibility index (Phi) is 3.64. The third-order valence-corrected chi connectivity index (χ3v) is 3.80. The van der Waals surface area contributed by atoms with Gasteiger partial charge in [0.1, 0.15) is 0 Å². The summed E-state index contributed by atoms with van der Waals surface area (Å²) in [6.45, 7) is 2.87. The summed E-state index contributed by atoms with van der Waals surface area (Å²) in [5, 5.41) is 14.6. The van der Waals surface area contributed by atoms with Gasteiger partial charge in [-0.25, -0.2) is 4.79 Å². The van der Waals surface area contributed by atoms with Crippen LogP contribution in [-0.4, -0.2) is 53.6 Å². The van der Waals surface area contributed by atoms with Crippen molar-refractivity contribution in [2.24, 2.45) is 5.41 Å². The Balaban J connectivity index is 1.92. The predicted molar refractivity (Wildman–Crippen MR) is 66.5 cm³/mol. The number of likely N-dealkylation sites (tertiary alicyclic amines) is 1. The van der Waals surface area contributed by atoms with Gasteiger partial charge in [-0.15, -0.1) is 0 Å². The summed E-state index contributed by atoms with van der Waals surface area (Å²) in [7, 11) is 0. The Hall–Kier alpha value is -1.79. The van der Waals surface area contributed by atoms with Gasteiger partial charge in [-0.1, -0.05) is 0 Å². The smallest absolute Gasteiger partial charge is 0.317 e. The van der Waals surface area contributed by atoms with Crippen molar-refractivity contribution >= 4 is 17.9 Å². The molecule has 7 heteroatoms. The van der Waals surface area contributed by atoms with E-state index in [1.807, 2.05) is 0 Å². The first-order valence-electron chi connectivity index (χ1n) is 6.46. The first kappa shape index (κ1) is 13.6. The lowest BCUT2D eigenvalue weighted by Crippen LogP contribution is -2.53. The molecule has 0 aromatic carbocycles. The fourth-order valence-corrected chi connectivity index (χ4v) is 2.56. The number of hydrogen-bond acceptors (Lipinski definition) is 3. The minimum atomic E-state index is -0.876. The van der Waals surface area contributed by atoms with E-state index in [4.69, 9.17) is 0 Å². The molecule has 19 heavy (non-hydrogen) atoms. The second-order valence-electron chi connectivity index (χ2n) is 5.55. The number of nitrogens with zero attached hydrogens (tertiary/aromatic N) is 1. The van der Waals surface area contributed by atoms with Crippen molar-refractivity contribution in [1.82, 2.24) is 15.5 Å². The van der Waals surface area contributed by atoms with Crippen molar-refractivity contribution in [3.05, 3.63) is 0 Å². The second-order valence-corrected chi connectivity index (χ2v) is 5.55. The molecule has 0 bridgehead atoms. The molecular formula is C12H19N3O4. The van der Waals surface area contributed by atoms with Crippen molar-refractivity contribution in [1.29, 1.82) is 0 Å². The van der Waals surface area contributed by atoms with E-state index in [2.05, 4.69) is 10.6 Å². The fraction of sp³-hybridized carbons (Fsp3) is 0.750. The molecule has 2 rings (SSSR count). The van der Waals surface area contributed by atoms with E-state index in [1.54, 1.807) is 6.92 Å². The van der Waals surface area contributed by atoms with Crippen LogP contribution < -0.4 is 10.6 Å². The van der Waals surface area contributed by atoms with Crippen LogP contribution in [0.2, 0.25) is 0 Å². The van der Waals surface area contributed by atoms with Crippen molar-refractivity contribution in [2.75, 3.05) is 19.6 Å². The number of carbonyl (C=O) groups is 3. The Morgan fingerprint density at radius 2 is 2.26 bits per heavy atom. The van der Waals surface area contributed by atoms with Crippen LogP contribution in [0.3, 0.4) is 0 Å². The lowest BCUT2D eigenvalue weighted by atomic mass is 9.82. The molecule has 2 aliphatic rings. The third kappa shape index (κ3) is 2.97. The average molecular weight is 269 g/mol. The highest BCUT2D eigenvalue weighted by atomic mass is 16.4. The number of carboxylic acid groups (broad SMARTS) is 1. The first-order chi connectivity index (χ1) is 8.90. The molecule has 2 aliphatic heterocycles. The van der Waals surface area contributed by atoms with Crippen LogP contribution in [0, 0.1) is 5.41 Å². The molecule has 7 nitrogen and oxygen atoms in total. The Labute approximate surface area is 111 Å². The Morgan fingerprint density at radius 3 is 2.84 bits per heavy atom. The zero-order valence-corrected chi connectivity index (χ0v) is 10.9. The summed E-state index contributed by atoms with van der Waals surface area (Å²) in [6, 6.07) is -0.480. The Morgan fingerprint density at radius 1 is 1.53 bits per heavy atom. The van der Waals surface area contributed by atoms with E-state index in [9.17, 15) is 19.5 Å². The van der Waals surface area contributed by atoms with Crippen LogP contribution >= 0.6 is 0 Å². The van der Waals surface area contributed by atoms with Gasteiger partial charge >= 0.3 is 12.0 Å². The van der Waals surface area contributed by atoms with Gasteiger partial charge in [0.15, 0.2) is 0 Å². The largest absolute Gasteiger partial charge is 0.481 e. The number of nitrogens with one attached hydrogen (secondary N) is 2. The maximum Gasteiger partial charge on any atom is 0.317 e. The summed E-state index contributed by atoms with van der Waals surface area (Å²) >= 11 is 0. The van der Waals surface area contributed by atoms with Crippen LogP contribution in [0.4, 0.5) is 4.79 Å². The topological polar surface area (TPSA) is 98.7 Å². The quantitative estimate of drug-likeness (QED) is 0.645. The number of rotatable bonds is 2. The minimum absolute atomic E-state index is 0.0701. The summed E-state index contributed by atoms with van der Waals surface area (Å²) in [5.74, 6) is -0.943. The highest BCUT2D eigenvalue weighted by molar-refractivity contribution is 5.82. The number of amides is 3.